The summed E-state index contributed by atoms with van der Waals surface area (Å²) in [7, 11) is 0. The summed E-state index contributed by atoms with van der Waals surface area (Å²) < 4.78 is 7.02. The summed E-state index contributed by atoms with van der Waals surface area (Å²) in [4.78, 5) is 29.0. The number of ketones is 2. The number of hydrogen-bond acceptors (Lipinski definition) is 3. The van der Waals surface area contributed by atoms with E-state index in [1.54, 1.807) is 11.1 Å². The molecule has 0 N–H and O–H groups in total. The zero-order valence-electron chi connectivity index (χ0n) is 23.9. The Bertz CT molecular complexity index is 1420. The average Bonchev–Trinajstić information content (AvgIpc) is 3.61. The van der Waals surface area contributed by atoms with Gasteiger partial charge in [-0.15, -0.1) is 0 Å². The van der Waals surface area contributed by atoms with Crippen LogP contribution in [0.15, 0.2) is 70.8 Å². The van der Waals surface area contributed by atoms with Gasteiger partial charge in [0.1, 0.15) is 0 Å². The summed E-state index contributed by atoms with van der Waals surface area (Å²) in [6.07, 6.45) is 14.5. The van der Waals surface area contributed by atoms with Gasteiger partial charge in [0, 0.05) is 45.9 Å². The molecule has 2 bridgehead atoms. The molecule has 2 heterocycles. The first-order valence-corrected chi connectivity index (χ1v) is 16.6. The quantitative estimate of drug-likeness (QED) is 0.311. The van der Waals surface area contributed by atoms with Crippen LogP contribution in [0.3, 0.4) is 0 Å². The van der Waals surface area contributed by atoms with Crippen molar-refractivity contribution in [3.05, 3.63) is 93.1 Å². The topological polar surface area (TPSA) is 43.4 Å². The lowest BCUT2D eigenvalue weighted by Gasteiger charge is -2.53. The van der Waals surface area contributed by atoms with E-state index in [-0.39, 0.29) is 35.6 Å². The van der Waals surface area contributed by atoms with Crippen molar-refractivity contribution in [1.82, 2.24) is 0 Å². The highest BCUT2D eigenvalue weighted by molar-refractivity contribution is 6.27. The van der Waals surface area contributed by atoms with Crippen LogP contribution in [-0.2, 0) is 4.74 Å². The predicted molar refractivity (Wildman–Crippen MR) is 159 cm³/mol. The first kappa shape index (κ1) is 24.8. The van der Waals surface area contributed by atoms with Gasteiger partial charge in [0.05, 0.1) is 12.2 Å². The number of hydrogen-bond donors (Lipinski definition) is 0. The number of rotatable bonds is 0. The summed E-state index contributed by atoms with van der Waals surface area (Å²) in [5.41, 5.74) is 9.19. The molecule has 0 radical (unpaired) electrons. The fraction of sp³-hybridized carbons (Fsp3) is 0.526. The van der Waals surface area contributed by atoms with Gasteiger partial charge in [0.2, 0.25) is 0 Å². The van der Waals surface area contributed by atoms with Crippen LogP contribution >= 0.6 is 0 Å². The Balaban J connectivity index is 1.29. The first-order chi connectivity index (χ1) is 20.2. The maximum Gasteiger partial charge on any atom is 0.190 e. The van der Waals surface area contributed by atoms with Crippen molar-refractivity contribution in [1.29, 1.82) is 0 Å². The molecule has 3 nitrogen and oxygen atoms in total. The molecule has 2 aromatic rings. The molecule has 0 aromatic heterocycles. The molecule has 3 fully saturated rings. The lowest BCUT2D eigenvalue weighted by Crippen LogP contribution is -2.47. The van der Waals surface area contributed by atoms with Crippen molar-refractivity contribution < 1.29 is 14.3 Å². The maximum atomic E-state index is 14.5. The zero-order chi connectivity index (χ0) is 27.2. The normalized spacial score (nSPS) is 37.4. The number of fused-ring (bicyclic) bond motifs is 13. The highest BCUT2D eigenvalue weighted by Gasteiger charge is 2.62. The van der Waals surface area contributed by atoms with E-state index in [0.29, 0.717) is 34.8 Å². The molecule has 7 aliphatic rings. The van der Waals surface area contributed by atoms with Crippen LogP contribution in [0.25, 0.3) is 0 Å². The van der Waals surface area contributed by atoms with E-state index >= 15 is 0 Å². The van der Waals surface area contributed by atoms with Crippen molar-refractivity contribution in [2.45, 2.75) is 89.3 Å². The average molecular weight is 545 g/mol. The van der Waals surface area contributed by atoms with E-state index < -0.39 is 0 Å². The van der Waals surface area contributed by atoms with Crippen molar-refractivity contribution >= 4 is 11.6 Å². The summed E-state index contributed by atoms with van der Waals surface area (Å²) in [5.74, 6) is 2.39. The molecule has 9 rings (SSSR count). The molecule has 1 saturated heterocycles. The van der Waals surface area contributed by atoms with Gasteiger partial charge < -0.3 is 4.74 Å². The van der Waals surface area contributed by atoms with Crippen molar-refractivity contribution in [3.63, 3.8) is 0 Å². The number of carbonyl (C=O) groups excluding carboxylic acids is 2. The van der Waals surface area contributed by atoms with Gasteiger partial charge in [-0.3, -0.25) is 9.59 Å². The molecular formula is C38H40O3. The van der Waals surface area contributed by atoms with E-state index in [0.717, 1.165) is 36.8 Å². The summed E-state index contributed by atoms with van der Waals surface area (Å²) in [6.45, 7) is 0. The SMILES string of the molecule is O=C1C2=C(C(=O)c3ccccc31)[C@@H]1CCCCCC[C@@H]3C1=C1[C@@H]2CCCCCC[C@@H]1[C@@H]1[C@H]3[C@H]2O[C@@H]1c1ccccc12. The minimum Gasteiger partial charge on any atom is -0.365 e. The second kappa shape index (κ2) is 9.36. The van der Waals surface area contributed by atoms with E-state index in [1.807, 2.05) is 24.3 Å². The Labute approximate surface area is 243 Å². The third-order valence-corrected chi connectivity index (χ3v) is 12.3. The summed E-state index contributed by atoms with van der Waals surface area (Å²) in [5, 5.41) is 0. The molecule has 0 unspecified atom stereocenters. The minimum absolute atomic E-state index is 0.0997. The standard InChI is InChI=1S/C38H40O3/c39-35-21-13-9-10-14-22(21)36(40)32-26-18-6-2-4-8-20-28-30(26)29-25(31(32)35)17-5-1-3-7-19-27(29)33-34(28)38-24-16-12-11-15-23(24)37(33)41-38/h9-16,25-28,33-34,37-38H,1-8,17-20H2/t25-,26+,27-,28+,33+,34-,37+,38-. The van der Waals surface area contributed by atoms with E-state index in [1.165, 1.54) is 62.5 Å². The number of Topliss-reactive ketones (excluding diaryl/α,β-unsaturated/α-hetero) is 2. The highest BCUT2D eigenvalue weighted by Crippen LogP contribution is 2.70. The van der Waals surface area contributed by atoms with Gasteiger partial charge >= 0.3 is 0 Å². The molecule has 2 aromatic carbocycles. The van der Waals surface area contributed by atoms with Gasteiger partial charge in [-0.05, 0) is 48.6 Å². The molecule has 41 heavy (non-hydrogen) atoms. The van der Waals surface area contributed by atoms with Gasteiger partial charge in [0.15, 0.2) is 11.6 Å². The Morgan fingerprint density at radius 1 is 0.512 bits per heavy atom. The van der Waals surface area contributed by atoms with Crippen molar-refractivity contribution in [2.24, 2.45) is 35.5 Å². The van der Waals surface area contributed by atoms with E-state index in [4.69, 9.17) is 4.74 Å². The molecule has 3 heteroatoms. The number of benzene rings is 2. The Morgan fingerprint density at radius 3 is 1.39 bits per heavy atom. The Hall–Kier alpha value is -2.78. The van der Waals surface area contributed by atoms with Gasteiger partial charge in [0.25, 0.3) is 0 Å². The number of ether oxygens (including phenoxy) is 1. The van der Waals surface area contributed by atoms with E-state index in [2.05, 4.69) is 24.3 Å². The molecule has 0 spiro atoms. The summed E-state index contributed by atoms with van der Waals surface area (Å²) in [6, 6.07) is 16.7. The molecule has 0 amide bonds. The monoisotopic (exact) mass is 544 g/mol. The molecule has 210 valence electrons. The zero-order valence-corrected chi connectivity index (χ0v) is 23.9. The minimum atomic E-state index is 0.0997. The molecule has 8 atom stereocenters. The second-order valence-corrected chi connectivity index (χ2v) is 14.0. The third-order valence-electron chi connectivity index (χ3n) is 12.3. The Morgan fingerprint density at radius 2 is 0.927 bits per heavy atom. The smallest absolute Gasteiger partial charge is 0.190 e. The largest absolute Gasteiger partial charge is 0.365 e. The van der Waals surface area contributed by atoms with Crippen LogP contribution in [-0.4, -0.2) is 11.6 Å². The van der Waals surface area contributed by atoms with Crippen LogP contribution in [0.2, 0.25) is 0 Å². The van der Waals surface area contributed by atoms with Gasteiger partial charge in [-0.1, -0.05) is 111 Å². The molecule has 2 aliphatic heterocycles. The molecular weight excluding hydrogens is 504 g/mol. The predicted octanol–water partition coefficient (Wildman–Crippen LogP) is 8.92. The third kappa shape index (κ3) is 3.36. The number of carbonyl (C=O) groups is 2. The van der Waals surface area contributed by atoms with Gasteiger partial charge in [-0.25, -0.2) is 0 Å². The van der Waals surface area contributed by atoms with Crippen LogP contribution in [0.1, 0.15) is 121 Å². The van der Waals surface area contributed by atoms with Crippen LogP contribution in [0.5, 0.6) is 0 Å². The van der Waals surface area contributed by atoms with Crippen LogP contribution in [0.4, 0.5) is 0 Å². The summed E-state index contributed by atoms with van der Waals surface area (Å²) >= 11 is 0. The number of allylic oxidation sites excluding steroid dienone is 4. The van der Waals surface area contributed by atoms with Crippen LogP contribution in [0, 0.1) is 35.5 Å². The lowest BCUT2D eigenvalue weighted by atomic mass is 9.49. The fourth-order valence-corrected chi connectivity index (χ4v) is 10.9. The highest BCUT2D eigenvalue weighted by atomic mass is 16.5. The second-order valence-electron chi connectivity index (χ2n) is 14.0. The van der Waals surface area contributed by atoms with E-state index in [9.17, 15) is 9.59 Å². The van der Waals surface area contributed by atoms with Crippen molar-refractivity contribution in [3.8, 4) is 0 Å². The molecule has 5 aliphatic carbocycles. The van der Waals surface area contributed by atoms with Crippen molar-refractivity contribution in [2.75, 3.05) is 0 Å². The van der Waals surface area contributed by atoms with Gasteiger partial charge in [-0.2, -0.15) is 0 Å². The maximum absolute atomic E-state index is 14.5. The first-order valence-electron chi connectivity index (χ1n) is 16.6. The Kier molecular flexibility index (Phi) is 5.66. The molecule has 2 saturated carbocycles. The fourth-order valence-electron chi connectivity index (χ4n) is 10.9. The van der Waals surface area contributed by atoms with Crippen LogP contribution < -0.4 is 0 Å². The lowest BCUT2D eigenvalue weighted by molar-refractivity contribution is 0.0477.